The highest BCUT2D eigenvalue weighted by Crippen LogP contribution is 2.35. The van der Waals surface area contributed by atoms with Gasteiger partial charge in [0.2, 0.25) is 5.91 Å². The average Bonchev–Trinajstić information content (AvgIpc) is 3.36. The maximum absolute atomic E-state index is 14.1. The topological polar surface area (TPSA) is 81.8 Å². The van der Waals surface area contributed by atoms with E-state index in [4.69, 9.17) is 0 Å². The standard InChI is InChI=1S/C19H20FN5O2/c1-11-3-6-14(16(20)7-11)12(2)23-18(26)10-24-19(27)15-8-22-25(13-4-5-13)17(15)9-21-24/h3,6-9,12-13H,4-5,10H2,1-2H3,(H,23,26). The molecule has 2 aromatic heterocycles. The number of benzene rings is 1. The fraction of sp³-hybridized carbons (Fsp3) is 0.368. The summed E-state index contributed by atoms with van der Waals surface area (Å²) in [7, 11) is 0. The minimum absolute atomic E-state index is 0.235. The molecule has 4 rings (SSSR count). The molecule has 0 saturated heterocycles. The van der Waals surface area contributed by atoms with Crippen LogP contribution in [0.4, 0.5) is 4.39 Å². The molecule has 1 unspecified atom stereocenters. The van der Waals surface area contributed by atoms with Crippen molar-refractivity contribution < 1.29 is 9.18 Å². The Hall–Kier alpha value is -3.03. The molecule has 1 saturated carbocycles. The number of halogens is 1. The zero-order chi connectivity index (χ0) is 19.1. The molecule has 1 aromatic carbocycles. The van der Waals surface area contributed by atoms with Crippen LogP contribution in [0.5, 0.6) is 0 Å². The summed E-state index contributed by atoms with van der Waals surface area (Å²) < 4.78 is 17.0. The lowest BCUT2D eigenvalue weighted by Gasteiger charge is -2.15. The Bertz CT molecular complexity index is 1080. The summed E-state index contributed by atoms with van der Waals surface area (Å²) in [6.07, 6.45) is 5.19. The Kier molecular flexibility index (Phi) is 4.25. The number of carbonyl (C=O) groups excluding carboxylic acids is 1. The summed E-state index contributed by atoms with van der Waals surface area (Å²) in [5.41, 5.74) is 1.54. The molecule has 3 aromatic rings. The van der Waals surface area contributed by atoms with Crippen molar-refractivity contribution >= 4 is 16.8 Å². The summed E-state index contributed by atoms with van der Waals surface area (Å²) in [5.74, 6) is -0.780. The van der Waals surface area contributed by atoms with Gasteiger partial charge in [-0.15, -0.1) is 0 Å². The predicted molar refractivity (Wildman–Crippen MR) is 97.8 cm³/mol. The van der Waals surface area contributed by atoms with Gasteiger partial charge in [0.05, 0.1) is 35.4 Å². The fourth-order valence-electron chi connectivity index (χ4n) is 3.19. The molecule has 2 heterocycles. The van der Waals surface area contributed by atoms with Crippen molar-refractivity contribution in [2.45, 2.75) is 45.3 Å². The zero-order valence-electron chi connectivity index (χ0n) is 15.1. The first-order valence-electron chi connectivity index (χ1n) is 8.93. The number of carbonyl (C=O) groups is 1. The van der Waals surface area contributed by atoms with Gasteiger partial charge < -0.3 is 5.32 Å². The lowest BCUT2D eigenvalue weighted by Crippen LogP contribution is -2.35. The molecule has 0 aliphatic heterocycles. The molecular formula is C19H20FN5O2. The zero-order valence-corrected chi connectivity index (χ0v) is 15.1. The average molecular weight is 369 g/mol. The number of amides is 1. The Labute approximate surface area is 154 Å². The Morgan fingerprint density at radius 1 is 1.33 bits per heavy atom. The molecular weight excluding hydrogens is 349 g/mol. The van der Waals surface area contributed by atoms with E-state index in [1.165, 1.54) is 12.3 Å². The minimum atomic E-state index is -0.518. The monoisotopic (exact) mass is 369 g/mol. The highest BCUT2D eigenvalue weighted by molar-refractivity contribution is 5.78. The number of nitrogens with one attached hydrogen (secondary N) is 1. The molecule has 1 aliphatic carbocycles. The smallest absolute Gasteiger partial charge is 0.278 e. The number of aromatic nitrogens is 4. The second kappa shape index (κ2) is 6.61. The molecule has 1 amide bonds. The van der Waals surface area contributed by atoms with E-state index in [-0.39, 0.29) is 17.9 Å². The third-order valence-electron chi connectivity index (χ3n) is 4.80. The molecule has 0 spiro atoms. The van der Waals surface area contributed by atoms with E-state index in [0.717, 1.165) is 23.1 Å². The minimum Gasteiger partial charge on any atom is -0.348 e. The Morgan fingerprint density at radius 2 is 2.11 bits per heavy atom. The first-order valence-corrected chi connectivity index (χ1v) is 8.93. The van der Waals surface area contributed by atoms with E-state index in [1.54, 1.807) is 32.2 Å². The molecule has 140 valence electrons. The number of hydrogen-bond donors (Lipinski definition) is 1. The second-order valence-electron chi connectivity index (χ2n) is 7.04. The number of rotatable bonds is 5. The van der Waals surface area contributed by atoms with Crippen molar-refractivity contribution in [1.82, 2.24) is 24.9 Å². The van der Waals surface area contributed by atoms with E-state index in [0.29, 0.717) is 22.5 Å². The molecule has 1 atom stereocenters. The summed E-state index contributed by atoms with van der Waals surface area (Å²) in [4.78, 5) is 24.9. The largest absolute Gasteiger partial charge is 0.348 e. The Morgan fingerprint density at radius 3 is 2.81 bits per heavy atom. The van der Waals surface area contributed by atoms with Gasteiger partial charge in [0.25, 0.3) is 5.56 Å². The Balaban J connectivity index is 1.51. The van der Waals surface area contributed by atoms with Gasteiger partial charge in [-0.2, -0.15) is 10.2 Å². The summed E-state index contributed by atoms with van der Waals surface area (Å²) in [6.45, 7) is 3.27. The van der Waals surface area contributed by atoms with Crippen LogP contribution < -0.4 is 10.9 Å². The van der Waals surface area contributed by atoms with Crippen LogP contribution in [0.3, 0.4) is 0 Å². The van der Waals surface area contributed by atoms with Crippen molar-refractivity contribution in [2.24, 2.45) is 0 Å². The maximum Gasteiger partial charge on any atom is 0.278 e. The second-order valence-corrected chi connectivity index (χ2v) is 7.04. The van der Waals surface area contributed by atoms with Gasteiger partial charge >= 0.3 is 0 Å². The van der Waals surface area contributed by atoms with Crippen LogP contribution in [0.15, 0.2) is 35.4 Å². The molecule has 27 heavy (non-hydrogen) atoms. The molecule has 7 nitrogen and oxygen atoms in total. The van der Waals surface area contributed by atoms with E-state index in [9.17, 15) is 14.0 Å². The van der Waals surface area contributed by atoms with Crippen LogP contribution in [0.25, 0.3) is 10.9 Å². The molecule has 8 heteroatoms. The van der Waals surface area contributed by atoms with Crippen LogP contribution >= 0.6 is 0 Å². The van der Waals surface area contributed by atoms with E-state index in [2.05, 4.69) is 15.5 Å². The van der Waals surface area contributed by atoms with Crippen molar-refractivity contribution in [3.8, 4) is 0 Å². The number of aryl methyl sites for hydroxylation is 1. The third-order valence-corrected chi connectivity index (χ3v) is 4.80. The van der Waals surface area contributed by atoms with Crippen molar-refractivity contribution in [3.63, 3.8) is 0 Å². The fourth-order valence-corrected chi connectivity index (χ4v) is 3.19. The lowest BCUT2D eigenvalue weighted by molar-refractivity contribution is -0.122. The van der Waals surface area contributed by atoms with Crippen LogP contribution in [-0.4, -0.2) is 25.5 Å². The maximum atomic E-state index is 14.1. The van der Waals surface area contributed by atoms with Crippen molar-refractivity contribution in [1.29, 1.82) is 0 Å². The number of fused-ring (bicyclic) bond motifs is 1. The SMILES string of the molecule is Cc1ccc(C(C)NC(=O)Cn2ncc3c(cnn3C3CC3)c2=O)c(F)c1. The van der Waals surface area contributed by atoms with Gasteiger partial charge in [-0.05, 0) is 38.3 Å². The van der Waals surface area contributed by atoms with Gasteiger partial charge in [0.1, 0.15) is 12.4 Å². The van der Waals surface area contributed by atoms with Gasteiger partial charge in [-0.1, -0.05) is 12.1 Å². The lowest BCUT2D eigenvalue weighted by atomic mass is 10.1. The van der Waals surface area contributed by atoms with Gasteiger partial charge in [-0.25, -0.2) is 9.07 Å². The molecule has 1 N–H and O–H groups in total. The molecule has 0 radical (unpaired) electrons. The van der Waals surface area contributed by atoms with E-state index < -0.39 is 11.9 Å². The normalized spacial score (nSPS) is 15.1. The molecule has 1 aliphatic rings. The quantitative estimate of drug-likeness (QED) is 0.748. The van der Waals surface area contributed by atoms with E-state index >= 15 is 0 Å². The van der Waals surface area contributed by atoms with Crippen molar-refractivity contribution in [2.75, 3.05) is 0 Å². The van der Waals surface area contributed by atoms with E-state index in [1.807, 2.05) is 4.68 Å². The number of hydrogen-bond acceptors (Lipinski definition) is 4. The van der Waals surface area contributed by atoms with Crippen LogP contribution in [0, 0.1) is 12.7 Å². The number of nitrogens with zero attached hydrogens (tertiary/aromatic N) is 4. The highest BCUT2D eigenvalue weighted by Gasteiger charge is 2.26. The highest BCUT2D eigenvalue weighted by atomic mass is 19.1. The summed E-state index contributed by atoms with van der Waals surface area (Å²) in [5, 5.41) is 11.5. The van der Waals surface area contributed by atoms with Gasteiger partial charge in [0, 0.05) is 5.56 Å². The predicted octanol–water partition coefficient (Wildman–Crippen LogP) is 2.25. The molecule has 1 fully saturated rings. The summed E-state index contributed by atoms with van der Waals surface area (Å²) >= 11 is 0. The van der Waals surface area contributed by atoms with Gasteiger partial charge in [0.15, 0.2) is 0 Å². The molecule has 0 bridgehead atoms. The summed E-state index contributed by atoms with van der Waals surface area (Å²) in [6, 6.07) is 4.69. The first-order chi connectivity index (χ1) is 12.9. The first kappa shape index (κ1) is 17.4. The van der Waals surface area contributed by atoms with Crippen LogP contribution in [-0.2, 0) is 11.3 Å². The van der Waals surface area contributed by atoms with Crippen LogP contribution in [0.2, 0.25) is 0 Å². The third kappa shape index (κ3) is 3.34. The van der Waals surface area contributed by atoms with Crippen LogP contribution in [0.1, 0.15) is 43.0 Å². The van der Waals surface area contributed by atoms with Crippen molar-refractivity contribution in [3.05, 3.63) is 57.9 Å². The van der Waals surface area contributed by atoms with Gasteiger partial charge in [-0.3, -0.25) is 14.3 Å².